The van der Waals surface area contributed by atoms with Crippen molar-refractivity contribution in [3.63, 3.8) is 0 Å². The standard InChI is InChI=1S/C14H15BrClNOS/c1-9(18-11-5-3-4-10(16)6-11)14(17-2)12-7-19-8-13(12)15/h3-9,14,17H,1-2H3. The molecular weight excluding hydrogens is 346 g/mol. The lowest BCUT2D eigenvalue weighted by Crippen LogP contribution is -2.31. The Morgan fingerprint density at radius 1 is 1.37 bits per heavy atom. The van der Waals surface area contributed by atoms with E-state index in [1.807, 2.05) is 38.2 Å². The molecule has 0 bridgehead atoms. The van der Waals surface area contributed by atoms with Gasteiger partial charge >= 0.3 is 0 Å². The average molecular weight is 361 g/mol. The Hall–Kier alpha value is -0.550. The van der Waals surface area contributed by atoms with Gasteiger partial charge in [0.25, 0.3) is 0 Å². The Balaban J connectivity index is 2.14. The number of nitrogens with one attached hydrogen (secondary N) is 1. The maximum Gasteiger partial charge on any atom is 0.121 e. The van der Waals surface area contributed by atoms with Crippen LogP contribution in [0.4, 0.5) is 0 Å². The Labute approximate surface area is 130 Å². The molecule has 1 heterocycles. The predicted octanol–water partition coefficient (Wildman–Crippen LogP) is 4.89. The maximum atomic E-state index is 5.97. The summed E-state index contributed by atoms with van der Waals surface area (Å²) in [6.45, 7) is 2.05. The van der Waals surface area contributed by atoms with Crippen molar-refractivity contribution in [1.29, 1.82) is 0 Å². The van der Waals surface area contributed by atoms with Crippen LogP contribution in [0.25, 0.3) is 0 Å². The van der Waals surface area contributed by atoms with Crippen LogP contribution in [-0.4, -0.2) is 13.2 Å². The van der Waals surface area contributed by atoms with Gasteiger partial charge in [0.1, 0.15) is 11.9 Å². The molecule has 2 nitrogen and oxygen atoms in total. The average Bonchev–Trinajstić information content (AvgIpc) is 2.77. The van der Waals surface area contributed by atoms with Gasteiger partial charge in [-0.05, 0) is 59.0 Å². The molecule has 1 aromatic carbocycles. The van der Waals surface area contributed by atoms with E-state index in [0.717, 1.165) is 10.2 Å². The van der Waals surface area contributed by atoms with Gasteiger partial charge in [0.2, 0.25) is 0 Å². The third kappa shape index (κ3) is 3.72. The van der Waals surface area contributed by atoms with Crippen LogP contribution in [0.3, 0.4) is 0 Å². The Morgan fingerprint density at radius 3 is 2.74 bits per heavy atom. The molecule has 0 saturated heterocycles. The van der Waals surface area contributed by atoms with E-state index < -0.39 is 0 Å². The van der Waals surface area contributed by atoms with Crippen molar-refractivity contribution in [3.05, 3.63) is 50.1 Å². The van der Waals surface area contributed by atoms with Gasteiger partial charge in [0, 0.05) is 14.9 Å². The molecule has 0 spiro atoms. The number of hydrogen-bond donors (Lipinski definition) is 1. The summed E-state index contributed by atoms with van der Waals surface area (Å²) < 4.78 is 7.07. The van der Waals surface area contributed by atoms with Crippen LogP contribution in [0.5, 0.6) is 5.75 Å². The molecule has 0 aliphatic carbocycles. The first kappa shape index (κ1) is 14.9. The SMILES string of the molecule is CNC(c1cscc1Br)C(C)Oc1cccc(Cl)c1. The topological polar surface area (TPSA) is 21.3 Å². The fourth-order valence-corrected chi connectivity index (χ4v) is 3.74. The Bertz CT molecular complexity index is 546. The molecule has 0 saturated carbocycles. The zero-order chi connectivity index (χ0) is 13.8. The summed E-state index contributed by atoms with van der Waals surface area (Å²) in [4.78, 5) is 0. The first-order valence-corrected chi connectivity index (χ1v) is 8.04. The second kappa shape index (κ2) is 6.75. The summed E-state index contributed by atoms with van der Waals surface area (Å²) in [5, 5.41) is 8.18. The molecule has 0 aliphatic heterocycles. The molecule has 0 radical (unpaired) electrons. The van der Waals surface area contributed by atoms with Crippen LogP contribution in [-0.2, 0) is 0 Å². The van der Waals surface area contributed by atoms with Crippen LogP contribution in [0.15, 0.2) is 39.5 Å². The van der Waals surface area contributed by atoms with Crippen LogP contribution in [0, 0.1) is 0 Å². The van der Waals surface area contributed by atoms with E-state index in [4.69, 9.17) is 16.3 Å². The van der Waals surface area contributed by atoms with Crippen molar-refractivity contribution in [2.45, 2.75) is 19.1 Å². The second-order valence-corrected chi connectivity index (χ2v) is 6.26. The largest absolute Gasteiger partial charge is 0.489 e. The van der Waals surface area contributed by atoms with E-state index in [9.17, 15) is 0 Å². The molecule has 2 unspecified atom stereocenters. The lowest BCUT2D eigenvalue weighted by atomic mass is 10.1. The first-order valence-electron chi connectivity index (χ1n) is 5.93. The summed E-state index contributed by atoms with van der Waals surface area (Å²) in [5.41, 5.74) is 1.21. The van der Waals surface area contributed by atoms with Gasteiger partial charge in [-0.1, -0.05) is 17.7 Å². The predicted molar refractivity (Wildman–Crippen MR) is 85.4 cm³/mol. The molecule has 1 aromatic heterocycles. The molecule has 2 atom stereocenters. The van der Waals surface area contributed by atoms with Crippen molar-refractivity contribution in [2.75, 3.05) is 7.05 Å². The first-order chi connectivity index (χ1) is 9.11. The molecule has 0 aliphatic rings. The fourth-order valence-electron chi connectivity index (χ4n) is 1.98. The number of halogens is 2. The van der Waals surface area contributed by atoms with Gasteiger partial charge in [-0.2, -0.15) is 11.3 Å². The molecule has 0 fully saturated rings. The number of benzene rings is 1. The lowest BCUT2D eigenvalue weighted by molar-refractivity contribution is 0.175. The molecule has 19 heavy (non-hydrogen) atoms. The van der Waals surface area contributed by atoms with E-state index in [0.29, 0.717) is 5.02 Å². The Kier molecular flexibility index (Phi) is 5.28. The molecule has 2 rings (SSSR count). The highest BCUT2D eigenvalue weighted by atomic mass is 79.9. The van der Waals surface area contributed by atoms with Gasteiger partial charge in [0.05, 0.1) is 6.04 Å². The third-order valence-corrected chi connectivity index (χ3v) is 4.86. The van der Waals surface area contributed by atoms with Crippen LogP contribution >= 0.6 is 38.9 Å². The number of thiophene rings is 1. The zero-order valence-corrected chi connectivity index (χ0v) is 13.8. The van der Waals surface area contributed by atoms with Gasteiger partial charge in [-0.3, -0.25) is 0 Å². The Morgan fingerprint density at radius 2 is 2.16 bits per heavy atom. The van der Waals surface area contributed by atoms with Crippen molar-refractivity contribution in [1.82, 2.24) is 5.32 Å². The molecule has 5 heteroatoms. The van der Waals surface area contributed by atoms with Gasteiger partial charge < -0.3 is 10.1 Å². The highest BCUT2D eigenvalue weighted by Crippen LogP contribution is 2.31. The lowest BCUT2D eigenvalue weighted by Gasteiger charge is -2.24. The molecule has 2 aromatic rings. The van der Waals surface area contributed by atoms with Crippen molar-refractivity contribution < 1.29 is 4.74 Å². The van der Waals surface area contributed by atoms with Crippen molar-refractivity contribution in [2.24, 2.45) is 0 Å². The van der Waals surface area contributed by atoms with Gasteiger partial charge in [-0.15, -0.1) is 0 Å². The molecule has 1 N–H and O–H groups in total. The van der Waals surface area contributed by atoms with Gasteiger partial charge in [-0.25, -0.2) is 0 Å². The minimum absolute atomic E-state index is 0.00522. The minimum Gasteiger partial charge on any atom is -0.489 e. The van der Waals surface area contributed by atoms with Crippen molar-refractivity contribution >= 4 is 38.9 Å². The van der Waals surface area contributed by atoms with Crippen LogP contribution in [0.2, 0.25) is 5.02 Å². The normalized spacial score (nSPS) is 14.1. The van der Waals surface area contributed by atoms with Crippen LogP contribution in [0.1, 0.15) is 18.5 Å². The zero-order valence-electron chi connectivity index (χ0n) is 10.7. The quantitative estimate of drug-likeness (QED) is 0.819. The summed E-state index contributed by atoms with van der Waals surface area (Å²) in [7, 11) is 1.94. The number of rotatable bonds is 5. The highest BCUT2D eigenvalue weighted by Gasteiger charge is 2.22. The molecule has 0 amide bonds. The summed E-state index contributed by atoms with van der Waals surface area (Å²) in [6, 6.07) is 7.59. The summed E-state index contributed by atoms with van der Waals surface area (Å²) in [5.74, 6) is 0.784. The smallest absolute Gasteiger partial charge is 0.121 e. The molecular formula is C14H15BrClNOS. The number of hydrogen-bond acceptors (Lipinski definition) is 3. The summed E-state index contributed by atoms with van der Waals surface area (Å²) >= 11 is 11.2. The van der Waals surface area contributed by atoms with Crippen LogP contribution < -0.4 is 10.1 Å². The molecule has 102 valence electrons. The summed E-state index contributed by atoms with van der Waals surface area (Å²) in [6.07, 6.45) is -0.00522. The highest BCUT2D eigenvalue weighted by molar-refractivity contribution is 9.10. The maximum absolute atomic E-state index is 5.97. The third-order valence-electron chi connectivity index (χ3n) is 2.88. The van der Waals surface area contributed by atoms with E-state index in [1.165, 1.54) is 5.56 Å². The van der Waals surface area contributed by atoms with Crippen molar-refractivity contribution in [3.8, 4) is 5.75 Å². The fraction of sp³-hybridized carbons (Fsp3) is 0.286. The van der Waals surface area contributed by atoms with E-state index in [-0.39, 0.29) is 12.1 Å². The number of ether oxygens (including phenoxy) is 1. The second-order valence-electron chi connectivity index (χ2n) is 4.22. The van der Waals surface area contributed by atoms with Gasteiger partial charge in [0.15, 0.2) is 0 Å². The van der Waals surface area contributed by atoms with E-state index in [1.54, 1.807) is 11.3 Å². The van der Waals surface area contributed by atoms with E-state index >= 15 is 0 Å². The monoisotopic (exact) mass is 359 g/mol. The number of likely N-dealkylation sites (N-methyl/N-ethyl adjacent to an activating group) is 1. The van der Waals surface area contributed by atoms with E-state index in [2.05, 4.69) is 32.0 Å². The minimum atomic E-state index is -0.00522.